The number of benzene rings is 1. The van der Waals surface area contributed by atoms with Gasteiger partial charge in [-0.1, -0.05) is 26.0 Å². The van der Waals surface area contributed by atoms with Crippen molar-refractivity contribution in [1.29, 1.82) is 0 Å². The van der Waals surface area contributed by atoms with E-state index in [-0.39, 0.29) is 12.5 Å². The lowest BCUT2D eigenvalue weighted by atomic mass is 10.1. The number of carbonyl (C=O) groups excluding carboxylic acids is 2. The summed E-state index contributed by atoms with van der Waals surface area (Å²) in [6.07, 6.45) is 0.913. The molecule has 0 atom stereocenters. The van der Waals surface area contributed by atoms with Crippen LogP contribution in [0.2, 0.25) is 0 Å². The van der Waals surface area contributed by atoms with E-state index in [0.29, 0.717) is 23.8 Å². The number of nitrogens with two attached hydrogens (primary N) is 1. The van der Waals surface area contributed by atoms with Crippen molar-refractivity contribution in [2.45, 2.75) is 20.3 Å². The molecule has 104 valence electrons. The Balaban J connectivity index is 2.65. The molecule has 0 bridgehead atoms. The van der Waals surface area contributed by atoms with Gasteiger partial charge in [-0.2, -0.15) is 0 Å². The second-order valence-electron chi connectivity index (χ2n) is 4.69. The van der Waals surface area contributed by atoms with Crippen LogP contribution in [-0.2, 0) is 4.79 Å². The first-order chi connectivity index (χ1) is 9.00. The van der Waals surface area contributed by atoms with Crippen LogP contribution in [0.3, 0.4) is 0 Å². The minimum atomic E-state index is -0.574. The summed E-state index contributed by atoms with van der Waals surface area (Å²) < 4.78 is 5.21. The highest BCUT2D eigenvalue weighted by Gasteiger charge is 2.12. The van der Waals surface area contributed by atoms with Gasteiger partial charge >= 0.3 is 0 Å². The summed E-state index contributed by atoms with van der Waals surface area (Å²) in [5.74, 6) is 0.112. The van der Waals surface area contributed by atoms with E-state index in [1.54, 1.807) is 24.3 Å². The Labute approximate surface area is 113 Å². The molecule has 0 fully saturated rings. The molecule has 0 aliphatic rings. The van der Waals surface area contributed by atoms with Gasteiger partial charge in [0.25, 0.3) is 11.8 Å². The fourth-order valence-electron chi connectivity index (χ4n) is 1.50. The van der Waals surface area contributed by atoms with Crippen LogP contribution in [0.25, 0.3) is 0 Å². The van der Waals surface area contributed by atoms with Crippen molar-refractivity contribution in [3.8, 4) is 5.75 Å². The molecular weight excluding hydrogens is 244 g/mol. The molecule has 5 heteroatoms. The zero-order valence-corrected chi connectivity index (χ0v) is 11.3. The number of rotatable bonds is 7. The van der Waals surface area contributed by atoms with Crippen molar-refractivity contribution < 1.29 is 14.3 Å². The molecule has 0 radical (unpaired) electrons. The van der Waals surface area contributed by atoms with Crippen molar-refractivity contribution in [2.75, 3.05) is 13.2 Å². The maximum atomic E-state index is 12.0. The number of hydrogen-bond acceptors (Lipinski definition) is 3. The van der Waals surface area contributed by atoms with Gasteiger partial charge in [-0.15, -0.1) is 0 Å². The highest BCUT2D eigenvalue weighted by Crippen LogP contribution is 2.17. The second kappa shape index (κ2) is 7.41. The van der Waals surface area contributed by atoms with Crippen LogP contribution in [0, 0.1) is 5.92 Å². The minimum Gasteiger partial charge on any atom is -0.483 e. The average molecular weight is 264 g/mol. The Kier molecular flexibility index (Phi) is 5.85. The Bertz CT molecular complexity index is 444. The molecule has 1 rings (SSSR count). The van der Waals surface area contributed by atoms with E-state index in [2.05, 4.69) is 19.2 Å². The highest BCUT2D eigenvalue weighted by atomic mass is 16.5. The maximum absolute atomic E-state index is 12.0. The molecular formula is C14H20N2O3. The van der Waals surface area contributed by atoms with Gasteiger partial charge in [0, 0.05) is 6.54 Å². The fraction of sp³-hybridized carbons (Fsp3) is 0.429. The first-order valence-corrected chi connectivity index (χ1v) is 6.29. The van der Waals surface area contributed by atoms with E-state index < -0.39 is 5.91 Å². The normalized spacial score (nSPS) is 10.3. The summed E-state index contributed by atoms with van der Waals surface area (Å²) in [4.78, 5) is 22.7. The molecule has 3 N–H and O–H groups in total. The molecule has 0 saturated heterocycles. The molecule has 0 aromatic heterocycles. The van der Waals surface area contributed by atoms with Crippen molar-refractivity contribution in [3.05, 3.63) is 29.8 Å². The van der Waals surface area contributed by atoms with E-state index in [0.717, 1.165) is 6.42 Å². The average Bonchev–Trinajstić information content (AvgIpc) is 2.36. The van der Waals surface area contributed by atoms with E-state index in [1.807, 2.05) is 0 Å². The van der Waals surface area contributed by atoms with Crippen LogP contribution in [0.4, 0.5) is 0 Å². The fourth-order valence-corrected chi connectivity index (χ4v) is 1.50. The Hall–Kier alpha value is -2.04. The van der Waals surface area contributed by atoms with Crippen LogP contribution in [-0.4, -0.2) is 25.0 Å². The summed E-state index contributed by atoms with van der Waals surface area (Å²) in [5.41, 5.74) is 5.43. The molecule has 2 amide bonds. The molecule has 0 heterocycles. The monoisotopic (exact) mass is 264 g/mol. The van der Waals surface area contributed by atoms with Crippen molar-refractivity contribution in [2.24, 2.45) is 11.7 Å². The van der Waals surface area contributed by atoms with Gasteiger partial charge in [0.1, 0.15) is 5.75 Å². The van der Waals surface area contributed by atoms with Crippen molar-refractivity contribution in [3.63, 3.8) is 0 Å². The molecule has 0 aliphatic carbocycles. The molecule has 0 unspecified atom stereocenters. The summed E-state index contributed by atoms with van der Waals surface area (Å²) in [6, 6.07) is 6.77. The summed E-state index contributed by atoms with van der Waals surface area (Å²) in [6.45, 7) is 4.56. The lowest BCUT2D eigenvalue weighted by molar-refractivity contribution is -0.119. The summed E-state index contributed by atoms with van der Waals surface area (Å²) >= 11 is 0. The molecule has 0 spiro atoms. The molecule has 19 heavy (non-hydrogen) atoms. The van der Waals surface area contributed by atoms with Gasteiger partial charge in [-0.3, -0.25) is 9.59 Å². The van der Waals surface area contributed by atoms with Crippen LogP contribution < -0.4 is 15.8 Å². The van der Waals surface area contributed by atoms with Gasteiger partial charge in [-0.05, 0) is 24.5 Å². The van der Waals surface area contributed by atoms with E-state index in [1.165, 1.54) is 0 Å². The molecule has 0 saturated carbocycles. The topological polar surface area (TPSA) is 81.4 Å². The van der Waals surface area contributed by atoms with Crippen LogP contribution in [0.5, 0.6) is 5.75 Å². The summed E-state index contributed by atoms with van der Waals surface area (Å²) in [5, 5.41) is 2.82. The quantitative estimate of drug-likeness (QED) is 0.779. The second-order valence-corrected chi connectivity index (χ2v) is 4.69. The van der Waals surface area contributed by atoms with Gasteiger partial charge < -0.3 is 15.8 Å². The zero-order valence-electron chi connectivity index (χ0n) is 11.3. The zero-order chi connectivity index (χ0) is 14.3. The van der Waals surface area contributed by atoms with Gasteiger partial charge in [0.15, 0.2) is 6.61 Å². The number of para-hydroxylation sites is 1. The third-order valence-corrected chi connectivity index (χ3v) is 2.51. The van der Waals surface area contributed by atoms with Gasteiger partial charge in [-0.25, -0.2) is 0 Å². The smallest absolute Gasteiger partial charge is 0.255 e. The molecule has 0 aliphatic heterocycles. The molecule has 1 aromatic rings. The Morgan fingerprint density at radius 2 is 2.00 bits per heavy atom. The number of ether oxygens (including phenoxy) is 1. The molecule has 1 aromatic carbocycles. The highest BCUT2D eigenvalue weighted by molar-refractivity contribution is 5.97. The maximum Gasteiger partial charge on any atom is 0.255 e. The Morgan fingerprint density at radius 3 is 2.63 bits per heavy atom. The van der Waals surface area contributed by atoms with E-state index in [4.69, 9.17) is 10.5 Å². The van der Waals surface area contributed by atoms with Crippen LogP contribution in [0.1, 0.15) is 30.6 Å². The first-order valence-electron chi connectivity index (χ1n) is 6.29. The lowest BCUT2D eigenvalue weighted by Gasteiger charge is -2.11. The largest absolute Gasteiger partial charge is 0.483 e. The van der Waals surface area contributed by atoms with Gasteiger partial charge in [0.05, 0.1) is 5.56 Å². The Morgan fingerprint density at radius 1 is 1.32 bits per heavy atom. The number of carbonyl (C=O) groups is 2. The van der Waals surface area contributed by atoms with Crippen LogP contribution >= 0.6 is 0 Å². The third-order valence-electron chi connectivity index (χ3n) is 2.51. The number of nitrogens with one attached hydrogen (secondary N) is 1. The standard InChI is InChI=1S/C14H20N2O3/c1-10(2)7-8-16-14(18)11-5-3-4-6-12(11)19-9-13(15)17/h3-6,10H,7-9H2,1-2H3,(H2,15,17)(H,16,18). The molecule has 5 nitrogen and oxygen atoms in total. The first kappa shape index (κ1) is 15.0. The number of amides is 2. The third kappa shape index (κ3) is 5.42. The SMILES string of the molecule is CC(C)CCNC(=O)c1ccccc1OCC(N)=O. The predicted octanol–water partition coefficient (Wildman–Crippen LogP) is 1.33. The summed E-state index contributed by atoms with van der Waals surface area (Å²) in [7, 11) is 0. The predicted molar refractivity (Wildman–Crippen MR) is 72.9 cm³/mol. The van der Waals surface area contributed by atoms with Crippen molar-refractivity contribution in [1.82, 2.24) is 5.32 Å². The van der Waals surface area contributed by atoms with Crippen molar-refractivity contribution >= 4 is 11.8 Å². The minimum absolute atomic E-state index is 0.208. The van der Waals surface area contributed by atoms with E-state index >= 15 is 0 Å². The number of hydrogen-bond donors (Lipinski definition) is 2. The van der Waals surface area contributed by atoms with Crippen LogP contribution in [0.15, 0.2) is 24.3 Å². The van der Waals surface area contributed by atoms with E-state index in [9.17, 15) is 9.59 Å². The lowest BCUT2D eigenvalue weighted by Crippen LogP contribution is -2.26. The number of primary amides is 1. The van der Waals surface area contributed by atoms with Gasteiger partial charge in [0.2, 0.25) is 0 Å².